The lowest BCUT2D eigenvalue weighted by Crippen LogP contribution is -1.91. The van der Waals surface area contributed by atoms with Crippen molar-refractivity contribution in [1.82, 2.24) is 0 Å². The van der Waals surface area contributed by atoms with Gasteiger partial charge in [0.05, 0.1) is 28.8 Å². The van der Waals surface area contributed by atoms with Crippen molar-refractivity contribution in [3.63, 3.8) is 0 Å². The summed E-state index contributed by atoms with van der Waals surface area (Å²) in [5.74, 6) is -0.311. The highest BCUT2D eigenvalue weighted by atomic mass is 16.3. The molecule has 220 valence electrons. The number of hydrogen-bond acceptors (Lipinski definition) is 1. The van der Waals surface area contributed by atoms with E-state index in [0.717, 1.165) is 0 Å². The normalized spacial score (nSPS) is 17.7. The fraction of sp³-hybridized carbons (Fsp3) is 0. The monoisotopic (exact) mass is 619 g/mol. The van der Waals surface area contributed by atoms with Crippen LogP contribution in [0.1, 0.15) is 28.8 Å². The van der Waals surface area contributed by atoms with Gasteiger partial charge in [0.2, 0.25) is 0 Å². The lowest BCUT2D eigenvalue weighted by Gasteiger charge is -2.18. The van der Waals surface area contributed by atoms with E-state index in [1.54, 1.807) is 30.3 Å². The lowest BCUT2D eigenvalue weighted by molar-refractivity contribution is 0.633. The second kappa shape index (κ2) is 11.3. The summed E-state index contributed by atoms with van der Waals surface area (Å²) < 4.78 is 193. The van der Waals surface area contributed by atoms with Crippen LogP contribution in [-0.2, 0) is 0 Å². The molecule has 0 aliphatic heterocycles. The maximum Gasteiger partial charge on any atom is 0.143 e. The minimum atomic E-state index is -0.831. The lowest BCUT2D eigenvalue weighted by atomic mass is 9.84. The zero-order valence-electron chi connectivity index (χ0n) is 45.1. The number of hydrogen-bond donors (Lipinski definition) is 0. The third-order valence-corrected chi connectivity index (χ3v) is 7.88. The first-order valence-corrected chi connectivity index (χ1v) is 14.4. The Bertz CT molecular complexity index is 3590. The maximum absolute atomic E-state index is 9.53. The summed E-state index contributed by atoms with van der Waals surface area (Å²) in [6, 6.07) is -0.911. The Morgan fingerprint density at radius 3 is 1.47 bits per heavy atom. The Morgan fingerprint density at radius 1 is 0.340 bits per heavy atom. The van der Waals surface area contributed by atoms with E-state index in [2.05, 4.69) is 0 Å². The standard InChI is InChI=1S/C46H30O/c1-4-15-31(16-5-1)32-27-29-35(30-28-32)45-44(41-26-14-25-36(46(41)47-45)33-17-6-2-7-18-33)43-39-23-12-10-21-37(39)42(34-19-8-3-9-20-34)38-22-11-13-24-40(38)43/h1-30H/i1D,2D,4D,5D,6D,7D,10D,11D,12D,13D,14D,15D,16D,17D,18D,21D,22D,23D,24D,25D,26D. The van der Waals surface area contributed by atoms with Crippen molar-refractivity contribution in [3.8, 4) is 55.8 Å². The SMILES string of the molecule is [2H]c1c([2H])c([2H])c(-c2ccc(-c3oc4c(-c5c([2H])c([2H])c([2H])c([2H])c5[2H])c([2H])c([2H])c([2H])c4c3-c3c4c([2H])c([2H])c([2H])c([2H])c4c(-c4ccccc4)c4c([2H])c([2H])c([2H])c([2H])c34)cc2)c([2H])c1[2H]. The zero-order chi connectivity index (χ0) is 49.4. The molecule has 0 saturated carbocycles. The molecule has 9 rings (SSSR count). The molecule has 1 heteroatoms. The molecule has 0 spiro atoms. The van der Waals surface area contributed by atoms with E-state index >= 15 is 0 Å². The van der Waals surface area contributed by atoms with Gasteiger partial charge in [0.25, 0.3) is 0 Å². The van der Waals surface area contributed by atoms with Gasteiger partial charge in [0.15, 0.2) is 0 Å². The minimum absolute atomic E-state index is 0.0104. The molecule has 0 atom stereocenters. The van der Waals surface area contributed by atoms with E-state index in [9.17, 15) is 8.22 Å². The quantitative estimate of drug-likeness (QED) is 0.175. The second-order valence-corrected chi connectivity index (χ2v) is 10.5. The molecule has 0 unspecified atom stereocenters. The number of para-hydroxylation sites is 1. The van der Waals surface area contributed by atoms with Crippen LogP contribution < -0.4 is 0 Å². The highest BCUT2D eigenvalue weighted by Crippen LogP contribution is 2.50. The van der Waals surface area contributed by atoms with Crippen LogP contribution in [0.25, 0.3) is 88.3 Å². The van der Waals surface area contributed by atoms with E-state index in [0.29, 0.717) is 5.56 Å². The topological polar surface area (TPSA) is 13.1 Å². The molecule has 9 aromatic rings. The third kappa shape index (κ3) is 4.56. The Balaban J connectivity index is 1.58. The molecule has 0 fully saturated rings. The van der Waals surface area contributed by atoms with Crippen LogP contribution in [0.2, 0.25) is 0 Å². The predicted molar refractivity (Wildman–Crippen MR) is 198 cm³/mol. The van der Waals surface area contributed by atoms with Gasteiger partial charge in [-0.05, 0) is 49.4 Å². The van der Waals surface area contributed by atoms with Gasteiger partial charge >= 0.3 is 0 Å². The van der Waals surface area contributed by atoms with E-state index in [-0.39, 0.29) is 60.7 Å². The van der Waals surface area contributed by atoms with Gasteiger partial charge in [-0.25, -0.2) is 0 Å². The Kier molecular flexibility index (Phi) is 3.20. The first-order chi connectivity index (χ1) is 32.1. The first kappa shape index (κ1) is 13.3. The molecule has 0 amide bonds. The number of benzene rings is 8. The van der Waals surface area contributed by atoms with Crippen LogP contribution in [0.3, 0.4) is 0 Å². The Hall–Kier alpha value is -6.18. The van der Waals surface area contributed by atoms with Crippen molar-refractivity contribution in [2.45, 2.75) is 0 Å². The summed E-state index contributed by atoms with van der Waals surface area (Å²) in [5, 5.41) is -1.42. The van der Waals surface area contributed by atoms with E-state index < -0.39 is 149 Å². The van der Waals surface area contributed by atoms with Crippen LogP contribution in [-0.4, -0.2) is 0 Å². The predicted octanol–water partition coefficient (Wildman–Crippen LogP) is 13.1. The van der Waals surface area contributed by atoms with Gasteiger partial charge in [0.1, 0.15) is 11.3 Å². The van der Waals surface area contributed by atoms with Crippen molar-refractivity contribution >= 4 is 32.5 Å². The summed E-state index contributed by atoms with van der Waals surface area (Å²) >= 11 is 0. The van der Waals surface area contributed by atoms with Crippen molar-refractivity contribution in [3.05, 3.63) is 181 Å². The summed E-state index contributed by atoms with van der Waals surface area (Å²) in [6.45, 7) is 0. The fourth-order valence-corrected chi connectivity index (χ4v) is 5.88. The van der Waals surface area contributed by atoms with Gasteiger partial charge in [-0.15, -0.1) is 0 Å². The van der Waals surface area contributed by atoms with Gasteiger partial charge < -0.3 is 4.42 Å². The molecule has 0 aliphatic carbocycles. The summed E-state index contributed by atoms with van der Waals surface area (Å²) in [5.41, 5.74) is -1.89. The molecule has 1 aromatic heterocycles. The van der Waals surface area contributed by atoms with Crippen molar-refractivity contribution < 1.29 is 33.2 Å². The minimum Gasteiger partial charge on any atom is -0.455 e. The number of rotatable bonds is 5. The average molecular weight is 620 g/mol. The molecule has 0 radical (unpaired) electrons. The summed E-state index contributed by atoms with van der Waals surface area (Å²) in [4.78, 5) is 0. The second-order valence-electron chi connectivity index (χ2n) is 10.5. The molecule has 47 heavy (non-hydrogen) atoms. The summed E-state index contributed by atoms with van der Waals surface area (Å²) in [7, 11) is 0. The fourth-order valence-electron chi connectivity index (χ4n) is 5.88. The van der Waals surface area contributed by atoms with Crippen LogP contribution in [0.4, 0.5) is 0 Å². The first-order valence-electron chi connectivity index (χ1n) is 24.9. The Labute approximate surface area is 303 Å². The van der Waals surface area contributed by atoms with Crippen molar-refractivity contribution in [2.75, 3.05) is 0 Å². The van der Waals surface area contributed by atoms with Crippen molar-refractivity contribution in [1.29, 1.82) is 0 Å². The molecule has 1 heterocycles. The maximum atomic E-state index is 9.53. The number of furan rings is 1. The van der Waals surface area contributed by atoms with Crippen LogP contribution in [0.5, 0.6) is 0 Å². The van der Waals surface area contributed by atoms with Gasteiger partial charge in [-0.3, -0.25) is 0 Å². The van der Waals surface area contributed by atoms with E-state index in [1.165, 1.54) is 24.3 Å². The number of fused-ring (bicyclic) bond motifs is 3. The molecule has 8 aromatic carbocycles. The Morgan fingerprint density at radius 2 is 0.851 bits per heavy atom. The van der Waals surface area contributed by atoms with E-state index in [1.807, 2.05) is 0 Å². The smallest absolute Gasteiger partial charge is 0.143 e. The summed E-state index contributed by atoms with van der Waals surface area (Å²) in [6.07, 6.45) is 0. The van der Waals surface area contributed by atoms with E-state index in [4.69, 9.17) is 25.0 Å². The van der Waals surface area contributed by atoms with Gasteiger partial charge in [-0.2, -0.15) is 0 Å². The highest BCUT2D eigenvalue weighted by Gasteiger charge is 2.25. The molecule has 1 nitrogen and oxygen atoms in total. The van der Waals surface area contributed by atoms with Gasteiger partial charge in [0, 0.05) is 27.6 Å². The molecular formula is C46H30O. The van der Waals surface area contributed by atoms with Crippen LogP contribution in [0, 0.1) is 0 Å². The highest BCUT2D eigenvalue weighted by molar-refractivity contribution is 6.25. The molecule has 0 N–H and O–H groups in total. The van der Waals surface area contributed by atoms with Crippen LogP contribution in [0.15, 0.2) is 186 Å². The average Bonchev–Trinajstić information content (AvgIpc) is 3.73. The van der Waals surface area contributed by atoms with Crippen LogP contribution >= 0.6 is 0 Å². The zero-order valence-corrected chi connectivity index (χ0v) is 24.1. The van der Waals surface area contributed by atoms with Gasteiger partial charge in [-0.1, -0.05) is 181 Å². The molecule has 0 bridgehead atoms. The third-order valence-electron chi connectivity index (χ3n) is 7.88. The largest absolute Gasteiger partial charge is 0.455 e. The molecule has 0 saturated heterocycles. The van der Waals surface area contributed by atoms with Crippen molar-refractivity contribution in [2.24, 2.45) is 0 Å². The molecular weight excluding hydrogens is 569 g/mol. The molecule has 0 aliphatic rings.